The minimum absolute atomic E-state index is 0.164. The van der Waals surface area contributed by atoms with Crippen molar-refractivity contribution in [3.63, 3.8) is 0 Å². The summed E-state index contributed by atoms with van der Waals surface area (Å²) in [5.41, 5.74) is 1.31. The molecule has 1 aliphatic carbocycles. The van der Waals surface area contributed by atoms with Crippen LogP contribution in [0.4, 0.5) is 4.79 Å². The number of rotatable bonds is 5. The Morgan fingerprint density at radius 1 is 1.19 bits per heavy atom. The Morgan fingerprint density at radius 2 is 1.89 bits per heavy atom. The number of para-hydroxylation sites is 1. The minimum Gasteiger partial charge on any atom is -0.444 e. The van der Waals surface area contributed by atoms with E-state index in [9.17, 15) is 9.59 Å². The molecule has 142 valence electrons. The van der Waals surface area contributed by atoms with Gasteiger partial charge in [-0.2, -0.15) is 0 Å². The van der Waals surface area contributed by atoms with Crippen LogP contribution in [0.15, 0.2) is 54.8 Å². The number of alkyl carbamates (subject to hydrolysis) is 1. The molecule has 1 heterocycles. The Balaban J connectivity index is 1.77. The van der Waals surface area contributed by atoms with Crippen LogP contribution in [0.1, 0.15) is 26.3 Å². The summed E-state index contributed by atoms with van der Waals surface area (Å²) in [6.45, 7) is 5.36. The zero-order chi connectivity index (χ0) is 19.4. The van der Waals surface area contributed by atoms with Gasteiger partial charge < -0.3 is 20.4 Å². The normalized spacial score (nSPS) is 15.1. The second-order valence-electron chi connectivity index (χ2n) is 7.57. The number of aromatic amines is 1. The number of nitrogens with one attached hydrogen (secondary N) is 3. The topological polar surface area (TPSA) is 83.2 Å². The van der Waals surface area contributed by atoms with Gasteiger partial charge in [-0.25, -0.2) is 4.79 Å². The van der Waals surface area contributed by atoms with Gasteiger partial charge in [0.25, 0.3) is 0 Å². The minimum atomic E-state index is -0.749. The molecule has 0 saturated carbocycles. The second kappa shape index (κ2) is 7.70. The number of amides is 2. The molecule has 2 amide bonds. The van der Waals surface area contributed by atoms with Crippen LogP contribution >= 0.6 is 0 Å². The molecular formula is C21H25N3O3. The van der Waals surface area contributed by atoms with Crippen molar-refractivity contribution in [1.82, 2.24) is 15.6 Å². The van der Waals surface area contributed by atoms with Crippen LogP contribution in [0.2, 0.25) is 0 Å². The van der Waals surface area contributed by atoms with Gasteiger partial charge in [0.2, 0.25) is 5.91 Å². The first-order valence-electron chi connectivity index (χ1n) is 9.02. The van der Waals surface area contributed by atoms with Gasteiger partial charge in [0.1, 0.15) is 11.6 Å². The Bertz CT molecular complexity index is 877. The average molecular weight is 367 g/mol. The van der Waals surface area contributed by atoms with Crippen LogP contribution in [0.25, 0.3) is 10.9 Å². The Labute approximate surface area is 158 Å². The van der Waals surface area contributed by atoms with Gasteiger partial charge in [-0.15, -0.1) is 0 Å². The highest BCUT2D eigenvalue weighted by atomic mass is 16.6. The van der Waals surface area contributed by atoms with Crippen LogP contribution < -0.4 is 10.6 Å². The average Bonchev–Trinajstić information content (AvgIpc) is 3.22. The number of H-pyrrole nitrogens is 1. The third kappa shape index (κ3) is 5.00. The van der Waals surface area contributed by atoms with E-state index in [0.29, 0.717) is 6.42 Å². The lowest BCUT2D eigenvalue weighted by atomic mass is 10.0. The molecule has 0 aliphatic heterocycles. The molecule has 0 unspecified atom stereocenters. The van der Waals surface area contributed by atoms with Crippen LogP contribution in [-0.2, 0) is 16.0 Å². The molecule has 1 aromatic carbocycles. The molecular weight excluding hydrogens is 342 g/mol. The van der Waals surface area contributed by atoms with Crippen molar-refractivity contribution < 1.29 is 14.3 Å². The monoisotopic (exact) mass is 367 g/mol. The summed E-state index contributed by atoms with van der Waals surface area (Å²) in [7, 11) is 0. The number of carbonyl (C=O) groups excluding carboxylic acids is 2. The Hall–Kier alpha value is -3.02. The van der Waals surface area contributed by atoms with Crippen molar-refractivity contribution in [2.75, 3.05) is 0 Å². The highest BCUT2D eigenvalue weighted by Crippen LogP contribution is 2.19. The van der Waals surface area contributed by atoms with E-state index in [1.165, 1.54) is 0 Å². The number of carbonyl (C=O) groups is 2. The zero-order valence-electron chi connectivity index (χ0n) is 15.8. The van der Waals surface area contributed by atoms with Gasteiger partial charge in [-0.1, -0.05) is 42.5 Å². The lowest BCUT2D eigenvalue weighted by molar-refractivity contribution is -0.123. The maximum Gasteiger partial charge on any atom is 0.408 e. The summed E-state index contributed by atoms with van der Waals surface area (Å²) >= 11 is 0. The Morgan fingerprint density at radius 3 is 2.59 bits per heavy atom. The first-order valence-corrected chi connectivity index (χ1v) is 9.02. The molecule has 1 aliphatic rings. The summed E-state index contributed by atoms with van der Waals surface area (Å²) in [6.07, 6.45) is 9.14. The summed E-state index contributed by atoms with van der Waals surface area (Å²) in [5, 5.41) is 6.66. The highest BCUT2D eigenvalue weighted by molar-refractivity contribution is 5.88. The fourth-order valence-corrected chi connectivity index (χ4v) is 2.97. The van der Waals surface area contributed by atoms with Crippen LogP contribution in [0, 0.1) is 0 Å². The molecule has 27 heavy (non-hydrogen) atoms. The molecule has 0 bridgehead atoms. The first-order chi connectivity index (χ1) is 12.8. The number of allylic oxidation sites excluding steroid dienone is 2. The van der Waals surface area contributed by atoms with Crippen molar-refractivity contribution in [2.24, 2.45) is 0 Å². The SMILES string of the molecule is CC(C)(C)OC(=O)N[C@@H](Cc1c[nH]c2ccccc12)C(=O)NC1C=CC=C1. The van der Waals surface area contributed by atoms with Crippen molar-refractivity contribution in [2.45, 2.75) is 44.9 Å². The number of fused-ring (bicyclic) bond motifs is 1. The predicted molar refractivity (Wildman–Crippen MR) is 105 cm³/mol. The molecule has 1 aromatic heterocycles. The number of hydrogen-bond acceptors (Lipinski definition) is 3. The van der Waals surface area contributed by atoms with Gasteiger partial charge in [0.15, 0.2) is 0 Å². The molecule has 6 heteroatoms. The van der Waals surface area contributed by atoms with Crippen LogP contribution in [0.5, 0.6) is 0 Å². The summed E-state index contributed by atoms with van der Waals surface area (Å²) in [6, 6.07) is 6.95. The number of benzene rings is 1. The third-order valence-corrected chi connectivity index (χ3v) is 4.16. The number of hydrogen-bond donors (Lipinski definition) is 3. The third-order valence-electron chi connectivity index (χ3n) is 4.16. The van der Waals surface area contributed by atoms with E-state index >= 15 is 0 Å². The molecule has 0 spiro atoms. The van der Waals surface area contributed by atoms with Gasteiger partial charge in [-0.3, -0.25) is 4.79 Å². The number of ether oxygens (including phenoxy) is 1. The predicted octanol–water partition coefficient (Wildman–Crippen LogP) is 3.21. The molecule has 2 aromatic rings. The molecule has 3 rings (SSSR count). The molecule has 0 saturated heterocycles. The van der Waals surface area contributed by atoms with E-state index in [4.69, 9.17) is 4.74 Å². The summed E-state index contributed by atoms with van der Waals surface area (Å²) < 4.78 is 5.33. The second-order valence-corrected chi connectivity index (χ2v) is 7.57. The number of aromatic nitrogens is 1. The van der Waals surface area contributed by atoms with E-state index in [-0.39, 0.29) is 11.9 Å². The fraction of sp³-hybridized carbons (Fsp3) is 0.333. The molecule has 6 nitrogen and oxygen atoms in total. The van der Waals surface area contributed by atoms with E-state index in [1.807, 2.05) is 54.8 Å². The molecule has 0 fully saturated rings. The lowest BCUT2D eigenvalue weighted by Crippen LogP contribution is -2.50. The lowest BCUT2D eigenvalue weighted by Gasteiger charge is -2.24. The van der Waals surface area contributed by atoms with Gasteiger partial charge in [0, 0.05) is 23.5 Å². The van der Waals surface area contributed by atoms with Crippen molar-refractivity contribution >= 4 is 22.9 Å². The van der Waals surface area contributed by atoms with Crippen molar-refractivity contribution in [3.05, 3.63) is 60.3 Å². The quantitative estimate of drug-likeness (QED) is 0.759. The van der Waals surface area contributed by atoms with Gasteiger partial charge in [-0.05, 0) is 32.4 Å². The maximum absolute atomic E-state index is 12.8. The molecule has 0 radical (unpaired) electrons. The van der Waals surface area contributed by atoms with E-state index in [1.54, 1.807) is 20.8 Å². The van der Waals surface area contributed by atoms with E-state index < -0.39 is 17.7 Å². The highest BCUT2D eigenvalue weighted by Gasteiger charge is 2.26. The van der Waals surface area contributed by atoms with Crippen LogP contribution in [-0.4, -0.2) is 34.7 Å². The largest absolute Gasteiger partial charge is 0.444 e. The van der Waals surface area contributed by atoms with Gasteiger partial charge >= 0.3 is 6.09 Å². The van der Waals surface area contributed by atoms with Crippen molar-refractivity contribution in [1.29, 1.82) is 0 Å². The summed E-state index contributed by atoms with van der Waals surface area (Å²) in [4.78, 5) is 28.3. The molecule has 3 N–H and O–H groups in total. The standard InChI is InChI=1S/C21H25N3O3/c1-21(2,3)27-20(26)24-18(19(25)23-15-8-4-5-9-15)12-14-13-22-17-11-7-6-10-16(14)17/h4-11,13,15,18,22H,12H2,1-3H3,(H,23,25)(H,24,26)/t18-/m0/s1. The van der Waals surface area contributed by atoms with Crippen LogP contribution in [0.3, 0.4) is 0 Å². The first kappa shape index (κ1) is 18.8. The van der Waals surface area contributed by atoms with E-state index in [0.717, 1.165) is 16.5 Å². The maximum atomic E-state index is 12.8. The Kier molecular flexibility index (Phi) is 5.35. The zero-order valence-corrected chi connectivity index (χ0v) is 15.8. The fourth-order valence-electron chi connectivity index (χ4n) is 2.97. The molecule has 1 atom stereocenters. The van der Waals surface area contributed by atoms with Gasteiger partial charge in [0.05, 0.1) is 6.04 Å². The van der Waals surface area contributed by atoms with Crippen molar-refractivity contribution in [3.8, 4) is 0 Å². The smallest absolute Gasteiger partial charge is 0.408 e. The van der Waals surface area contributed by atoms with E-state index in [2.05, 4.69) is 15.6 Å². The summed E-state index contributed by atoms with van der Waals surface area (Å²) in [5.74, 6) is -0.257.